The van der Waals surface area contributed by atoms with Crippen LogP contribution in [0.15, 0.2) is 22.8 Å². The topological polar surface area (TPSA) is 53.8 Å². The molecule has 124 valence electrons. The van der Waals surface area contributed by atoms with Crippen LogP contribution in [0.4, 0.5) is 13.2 Å². The average Bonchev–Trinajstić information content (AvgIpc) is 2.88. The van der Waals surface area contributed by atoms with Crippen LogP contribution in [0.5, 0.6) is 0 Å². The van der Waals surface area contributed by atoms with Gasteiger partial charge in [0.05, 0.1) is 12.8 Å². The maximum Gasteiger partial charge on any atom is 0.406 e. The summed E-state index contributed by atoms with van der Waals surface area (Å²) in [6.07, 6.45) is -3.17. The van der Waals surface area contributed by atoms with Crippen molar-refractivity contribution in [3.05, 3.63) is 24.2 Å². The molecular formula is C14H19F3N2O3. The van der Waals surface area contributed by atoms with E-state index in [1.807, 2.05) is 0 Å². The van der Waals surface area contributed by atoms with Crippen LogP contribution >= 0.6 is 0 Å². The van der Waals surface area contributed by atoms with Crippen molar-refractivity contribution in [3.8, 4) is 0 Å². The van der Waals surface area contributed by atoms with E-state index >= 15 is 0 Å². The lowest BCUT2D eigenvalue weighted by Crippen LogP contribution is -2.46. The average molecular weight is 320 g/mol. The quantitative estimate of drug-likeness (QED) is 0.809. The molecular weight excluding hydrogens is 301 g/mol. The highest BCUT2D eigenvalue weighted by atomic mass is 19.4. The molecule has 0 spiro atoms. The van der Waals surface area contributed by atoms with E-state index in [0.717, 1.165) is 9.80 Å². The normalized spacial score (nSPS) is 11.6. The van der Waals surface area contributed by atoms with Gasteiger partial charge in [0.15, 0.2) is 5.76 Å². The third-order valence-corrected chi connectivity index (χ3v) is 2.76. The predicted molar refractivity (Wildman–Crippen MR) is 73.1 cm³/mol. The van der Waals surface area contributed by atoms with E-state index in [1.165, 1.54) is 25.4 Å². The Bertz CT molecular complexity index is 498. The number of carbonyl (C=O) groups is 2. The summed E-state index contributed by atoms with van der Waals surface area (Å²) in [6.45, 7) is 1.64. The lowest BCUT2D eigenvalue weighted by atomic mass is 10.2. The van der Waals surface area contributed by atoms with Gasteiger partial charge in [0.25, 0.3) is 5.91 Å². The lowest BCUT2D eigenvalue weighted by molar-refractivity contribution is -0.162. The van der Waals surface area contributed by atoms with Crippen LogP contribution in [0.1, 0.15) is 24.4 Å². The highest BCUT2D eigenvalue weighted by Crippen LogP contribution is 2.17. The van der Waals surface area contributed by atoms with Crippen LogP contribution in [0.3, 0.4) is 0 Å². The van der Waals surface area contributed by atoms with E-state index in [0.29, 0.717) is 0 Å². The van der Waals surface area contributed by atoms with Crippen LogP contribution in [0.25, 0.3) is 0 Å². The van der Waals surface area contributed by atoms with E-state index in [-0.39, 0.29) is 18.2 Å². The SMILES string of the molecule is CC(C)CN(CC(F)(F)F)C(=O)CN(C)C(=O)c1ccco1. The van der Waals surface area contributed by atoms with Crippen molar-refractivity contribution in [2.24, 2.45) is 5.92 Å². The minimum atomic E-state index is -4.48. The number of hydrogen-bond donors (Lipinski definition) is 0. The van der Waals surface area contributed by atoms with E-state index in [9.17, 15) is 22.8 Å². The van der Waals surface area contributed by atoms with Crippen LogP contribution in [-0.4, -0.2) is 54.5 Å². The molecule has 0 saturated carbocycles. The minimum absolute atomic E-state index is 0.0267. The summed E-state index contributed by atoms with van der Waals surface area (Å²) in [5.74, 6) is -1.40. The molecule has 0 fully saturated rings. The monoisotopic (exact) mass is 320 g/mol. The summed E-state index contributed by atoms with van der Waals surface area (Å²) in [5.41, 5.74) is 0. The molecule has 0 atom stereocenters. The van der Waals surface area contributed by atoms with Crippen LogP contribution in [-0.2, 0) is 4.79 Å². The van der Waals surface area contributed by atoms with Crippen molar-refractivity contribution in [1.82, 2.24) is 9.80 Å². The largest absolute Gasteiger partial charge is 0.459 e. The molecule has 5 nitrogen and oxygen atoms in total. The van der Waals surface area contributed by atoms with Crippen molar-refractivity contribution < 1.29 is 27.2 Å². The van der Waals surface area contributed by atoms with E-state index in [1.54, 1.807) is 13.8 Å². The summed E-state index contributed by atoms with van der Waals surface area (Å²) in [7, 11) is 1.34. The van der Waals surface area contributed by atoms with Gasteiger partial charge in [-0.3, -0.25) is 9.59 Å². The Balaban J connectivity index is 2.71. The molecule has 0 aliphatic heterocycles. The third-order valence-electron chi connectivity index (χ3n) is 2.76. The summed E-state index contributed by atoms with van der Waals surface area (Å²) in [6, 6.07) is 2.93. The van der Waals surface area contributed by atoms with Crippen molar-refractivity contribution >= 4 is 11.8 Å². The number of alkyl halides is 3. The summed E-state index contributed by atoms with van der Waals surface area (Å²) >= 11 is 0. The minimum Gasteiger partial charge on any atom is -0.459 e. The molecule has 0 aliphatic carbocycles. The molecule has 2 amide bonds. The first-order chi connectivity index (χ1) is 10.1. The Morgan fingerprint density at radius 3 is 2.41 bits per heavy atom. The number of amides is 2. The number of hydrogen-bond acceptors (Lipinski definition) is 3. The molecule has 0 N–H and O–H groups in total. The molecule has 0 unspecified atom stereocenters. The number of carbonyl (C=O) groups excluding carboxylic acids is 2. The molecule has 1 aromatic heterocycles. The van der Waals surface area contributed by atoms with Gasteiger partial charge in [-0.05, 0) is 18.1 Å². The van der Waals surface area contributed by atoms with Gasteiger partial charge in [-0.2, -0.15) is 13.2 Å². The van der Waals surface area contributed by atoms with Gasteiger partial charge >= 0.3 is 6.18 Å². The molecule has 1 heterocycles. The van der Waals surface area contributed by atoms with Gasteiger partial charge in [-0.25, -0.2) is 0 Å². The predicted octanol–water partition coefficient (Wildman–Crippen LogP) is 2.40. The van der Waals surface area contributed by atoms with Gasteiger partial charge in [0, 0.05) is 13.6 Å². The molecule has 1 aromatic rings. The Hall–Kier alpha value is -1.99. The van der Waals surface area contributed by atoms with Gasteiger partial charge in [-0.1, -0.05) is 13.8 Å². The first kappa shape index (κ1) is 18.1. The van der Waals surface area contributed by atoms with Gasteiger partial charge in [-0.15, -0.1) is 0 Å². The van der Waals surface area contributed by atoms with Crippen LogP contribution < -0.4 is 0 Å². The molecule has 0 bridgehead atoms. The van der Waals surface area contributed by atoms with E-state index in [4.69, 9.17) is 4.42 Å². The van der Waals surface area contributed by atoms with Gasteiger partial charge in [0.2, 0.25) is 5.91 Å². The Labute approximate surface area is 126 Å². The van der Waals surface area contributed by atoms with Crippen LogP contribution in [0.2, 0.25) is 0 Å². The zero-order valence-corrected chi connectivity index (χ0v) is 12.7. The third kappa shape index (κ3) is 5.79. The second kappa shape index (κ2) is 7.33. The van der Waals surface area contributed by atoms with Crippen molar-refractivity contribution in [3.63, 3.8) is 0 Å². The van der Waals surface area contributed by atoms with Crippen molar-refractivity contribution in [2.45, 2.75) is 20.0 Å². The standard InChI is InChI=1S/C14H19F3N2O3/c1-10(2)7-19(9-14(15,16)17)12(20)8-18(3)13(21)11-5-4-6-22-11/h4-6,10H,7-9H2,1-3H3. The van der Waals surface area contributed by atoms with Crippen molar-refractivity contribution in [1.29, 1.82) is 0 Å². The van der Waals surface area contributed by atoms with E-state index in [2.05, 4.69) is 0 Å². The fourth-order valence-electron chi connectivity index (χ4n) is 1.87. The number of likely N-dealkylation sites (N-methyl/N-ethyl adjacent to an activating group) is 1. The molecule has 0 aliphatic rings. The Morgan fingerprint density at radius 1 is 1.32 bits per heavy atom. The van der Waals surface area contributed by atoms with Gasteiger partial charge in [0.1, 0.15) is 6.54 Å². The Morgan fingerprint density at radius 2 is 1.95 bits per heavy atom. The maximum atomic E-state index is 12.5. The number of nitrogens with zero attached hydrogens (tertiary/aromatic N) is 2. The van der Waals surface area contributed by atoms with E-state index < -0.39 is 31.1 Å². The molecule has 1 rings (SSSR count). The molecule has 0 saturated heterocycles. The fourth-order valence-corrected chi connectivity index (χ4v) is 1.87. The smallest absolute Gasteiger partial charge is 0.406 e. The second-order valence-electron chi connectivity index (χ2n) is 5.42. The first-order valence-corrected chi connectivity index (χ1v) is 6.73. The summed E-state index contributed by atoms with van der Waals surface area (Å²) in [5, 5.41) is 0. The molecule has 22 heavy (non-hydrogen) atoms. The number of rotatable bonds is 6. The molecule has 8 heteroatoms. The highest BCUT2D eigenvalue weighted by molar-refractivity contribution is 5.94. The highest BCUT2D eigenvalue weighted by Gasteiger charge is 2.33. The van der Waals surface area contributed by atoms with Gasteiger partial charge < -0.3 is 14.2 Å². The second-order valence-corrected chi connectivity index (χ2v) is 5.42. The lowest BCUT2D eigenvalue weighted by Gasteiger charge is -2.27. The fraction of sp³-hybridized carbons (Fsp3) is 0.571. The summed E-state index contributed by atoms with van der Waals surface area (Å²) < 4.78 is 42.5. The molecule has 0 radical (unpaired) electrons. The maximum absolute atomic E-state index is 12.5. The zero-order chi connectivity index (χ0) is 16.9. The van der Waals surface area contributed by atoms with Crippen LogP contribution in [0, 0.1) is 5.92 Å². The number of furan rings is 1. The first-order valence-electron chi connectivity index (χ1n) is 6.73. The number of halogens is 3. The zero-order valence-electron chi connectivity index (χ0n) is 12.7. The Kier molecular flexibility index (Phi) is 6.01. The van der Waals surface area contributed by atoms with Crippen molar-refractivity contribution in [2.75, 3.05) is 26.7 Å². The molecule has 0 aromatic carbocycles. The summed E-state index contributed by atoms with van der Waals surface area (Å²) in [4.78, 5) is 25.7.